The fourth-order valence-corrected chi connectivity index (χ4v) is 3.75. The number of benzene rings is 2. The zero-order valence-corrected chi connectivity index (χ0v) is 12.2. The van der Waals surface area contributed by atoms with Crippen LogP contribution in [0.4, 0.5) is 11.4 Å². The van der Waals surface area contributed by atoms with Gasteiger partial charge < -0.3 is 11.1 Å². The average molecular weight is 276 g/mol. The summed E-state index contributed by atoms with van der Waals surface area (Å²) in [5.41, 5.74) is 12.0. The van der Waals surface area contributed by atoms with Crippen LogP contribution < -0.4 is 11.1 Å². The molecule has 2 heteroatoms. The number of rotatable bonds is 1. The Balaban J connectivity index is 1.78. The summed E-state index contributed by atoms with van der Waals surface area (Å²) < 4.78 is 0. The zero-order valence-electron chi connectivity index (χ0n) is 12.2. The maximum absolute atomic E-state index is 5.82. The van der Waals surface area contributed by atoms with Crippen molar-refractivity contribution < 1.29 is 0 Å². The van der Waals surface area contributed by atoms with Gasteiger partial charge in [0.05, 0.1) is 6.04 Å². The number of allylic oxidation sites excluding steroid dienone is 2. The van der Waals surface area contributed by atoms with Gasteiger partial charge in [0.1, 0.15) is 0 Å². The van der Waals surface area contributed by atoms with Gasteiger partial charge in [0.2, 0.25) is 0 Å². The highest BCUT2D eigenvalue weighted by atomic mass is 15.0. The van der Waals surface area contributed by atoms with Gasteiger partial charge in [-0.1, -0.05) is 42.0 Å². The summed E-state index contributed by atoms with van der Waals surface area (Å²) in [4.78, 5) is 0. The van der Waals surface area contributed by atoms with E-state index in [4.69, 9.17) is 5.73 Å². The third-order valence-corrected chi connectivity index (χ3v) is 4.81. The summed E-state index contributed by atoms with van der Waals surface area (Å²) in [6.07, 6.45) is 5.85. The van der Waals surface area contributed by atoms with Crippen molar-refractivity contribution in [3.05, 3.63) is 71.3 Å². The molecule has 0 radical (unpaired) electrons. The first-order chi connectivity index (χ1) is 10.2. The van der Waals surface area contributed by atoms with Gasteiger partial charge in [-0.25, -0.2) is 0 Å². The van der Waals surface area contributed by atoms with Crippen LogP contribution in [-0.4, -0.2) is 0 Å². The number of nitrogens with one attached hydrogen (secondary N) is 1. The Morgan fingerprint density at radius 1 is 1.10 bits per heavy atom. The summed E-state index contributed by atoms with van der Waals surface area (Å²) in [6, 6.07) is 15.4. The summed E-state index contributed by atoms with van der Waals surface area (Å²) in [7, 11) is 0. The molecule has 0 amide bonds. The predicted octanol–water partition coefficient (Wildman–Crippen LogP) is 4.40. The smallest absolute Gasteiger partial charge is 0.0553 e. The Morgan fingerprint density at radius 2 is 1.90 bits per heavy atom. The fraction of sp³-hybridized carbons (Fsp3) is 0.263. The molecule has 2 nitrogen and oxygen atoms in total. The molecule has 0 fully saturated rings. The number of aryl methyl sites for hydroxylation is 1. The molecular weight excluding hydrogens is 256 g/mol. The minimum absolute atomic E-state index is 0.362. The van der Waals surface area contributed by atoms with Crippen molar-refractivity contribution in [2.24, 2.45) is 5.92 Å². The normalized spacial score (nSPS) is 26.0. The number of nitrogen functional groups attached to an aromatic ring is 1. The van der Waals surface area contributed by atoms with Crippen LogP contribution in [0.1, 0.15) is 35.1 Å². The van der Waals surface area contributed by atoms with E-state index in [1.807, 2.05) is 12.1 Å². The van der Waals surface area contributed by atoms with Gasteiger partial charge in [-0.05, 0) is 48.6 Å². The number of hydrogen-bond acceptors (Lipinski definition) is 2. The van der Waals surface area contributed by atoms with E-state index in [1.165, 1.54) is 22.4 Å². The lowest BCUT2D eigenvalue weighted by Crippen LogP contribution is -2.29. The van der Waals surface area contributed by atoms with E-state index in [2.05, 4.69) is 54.7 Å². The van der Waals surface area contributed by atoms with Crippen molar-refractivity contribution in [2.75, 3.05) is 11.1 Å². The van der Waals surface area contributed by atoms with Crippen LogP contribution in [0.5, 0.6) is 0 Å². The van der Waals surface area contributed by atoms with E-state index < -0.39 is 0 Å². The Morgan fingerprint density at radius 3 is 2.71 bits per heavy atom. The first-order valence-electron chi connectivity index (χ1n) is 7.61. The summed E-state index contributed by atoms with van der Waals surface area (Å²) in [5.74, 6) is 1.13. The van der Waals surface area contributed by atoms with Crippen LogP contribution in [0, 0.1) is 12.8 Å². The monoisotopic (exact) mass is 276 g/mol. The van der Waals surface area contributed by atoms with Crippen LogP contribution >= 0.6 is 0 Å². The molecule has 0 bridgehead atoms. The summed E-state index contributed by atoms with van der Waals surface area (Å²) in [5, 5.41) is 3.75. The van der Waals surface area contributed by atoms with Crippen LogP contribution in [0.3, 0.4) is 0 Å². The molecule has 3 atom stereocenters. The van der Waals surface area contributed by atoms with Crippen LogP contribution in [0.25, 0.3) is 0 Å². The lowest BCUT2D eigenvalue weighted by atomic mass is 9.76. The van der Waals surface area contributed by atoms with E-state index in [9.17, 15) is 0 Å². The van der Waals surface area contributed by atoms with Crippen molar-refractivity contribution in [2.45, 2.75) is 25.3 Å². The first kappa shape index (κ1) is 12.5. The highest BCUT2D eigenvalue weighted by Gasteiger charge is 2.37. The van der Waals surface area contributed by atoms with Crippen LogP contribution in [0.15, 0.2) is 54.6 Å². The Bertz CT molecular complexity index is 700. The molecule has 1 aliphatic heterocycles. The molecule has 106 valence electrons. The molecule has 0 saturated heterocycles. The quantitative estimate of drug-likeness (QED) is 0.598. The maximum Gasteiger partial charge on any atom is 0.0553 e. The molecule has 0 spiro atoms. The maximum atomic E-state index is 5.82. The van der Waals surface area contributed by atoms with Gasteiger partial charge in [0, 0.05) is 17.3 Å². The standard InChI is InChI=1S/C19H20N2/c1-12-5-10-18-17(11-12)15-3-2-4-16(15)19(21-18)13-6-8-14(20)9-7-13/h2-3,5-11,15-16,19,21H,4,20H2,1H3/t15-,16-,19-/m1/s1. The Hall–Kier alpha value is -2.22. The molecule has 2 aromatic rings. The summed E-state index contributed by atoms with van der Waals surface area (Å²) in [6.45, 7) is 2.17. The van der Waals surface area contributed by atoms with Gasteiger partial charge >= 0.3 is 0 Å². The fourth-order valence-electron chi connectivity index (χ4n) is 3.75. The van der Waals surface area contributed by atoms with E-state index in [1.54, 1.807) is 0 Å². The molecule has 1 heterocycles. The molecule has 2 aromatic carbocycles. The number of nitrogens with two attached hydrogens (primary N) is 1. The lowest BCUT2D eigenvalue weighted by Gasteiger charge is -2.37. The van der Waals surface area contributed by atoms with Gasteiger partial charge in [0.15, 0.2) is 0 Å². The lowest BCUT2D eigenvalue weighted by molar-refractivity contribution is 0.425. The number of fused-ring (bicyclic) bond motifs is 3. The molecule has 3 N–H and O–H groups in total. The van der Waals surface area contributed by atoms with Crippen LogP contribution in [0.2, 0.25) is 0 Å². The molecule has 21 heavy (non-hydrogen) atoms. The molecule has 0 unspecified atom stereocenters. The second-order valence-electron chi connectivity index (χ2n) is 6.23. The molecule has 4 rings (SSSR count). The SMILES string of the molecule is Cc1ccc2c(c1)[C@@H]1C=CC[C@H]1[C@@H](c1ccc(N)cc1)N2. The van der Waals surface area contributed by atoms with Gasteiger partial charge in [-0.3, -0.25) is 0 Å². The van der Waals surface area contributed by atoms with Crippen molar-refractivity contribution in [3.8, 4) is 0 Å². The molecule has 1 aliphatic carbocycles. The van der Waals surface area contributed by atoms with E-state index in [-0.39, 0.29) is 0 Å². The van der Waals surface area contributed by atoms with Crippen molar-refractivity contribution in [1.82, 2.24) is 0 Å². The second-order valence-corrected chi connectivity index (χ2v) is 6.23. The minimum Gasteiger partial charge on any atom is -0.399 e. The average Bonchev–Trinajstić information content (AvgIpc) is 2.97. The minimum atomic E-state index is 0.362. The van der Waals surface area contributed by atoms with Crippen LogP contribution in [-0.2, 0) is 0 Å². The molecule has 0 aromatic heterocycles. The van der Waals surface area contributed by atoms with Gasteiger partial charge in [-0.2, -0.15) is 0 Å². The number of anilines is 2. The highest BCUT2D eigenvalue weighted by Crippen LogP contribution is 2.49. The van der Waals surface area contributed by atoms with E-state index in [0.29, 0.717) is 17.9 Å². The molecule has 0 saturated carbocycles. The molecular formula is C19H20N2. The third-order valence-electron chi connectivity index (χ3n) is 4.81. The Labute approximate surface area is 125 Å². The highest BCUT2D eigenvalue weighted by molar-refractivity contribution is 5.61. The van der Waals surface area contributed by atoms with E-state index >= 15 is 0 Å². The zero-order chi connectivity index (χ0) is 14.4. The summed E-state index contributed by atoms with van der Waals surface area (Å²) >= 11 is 0. The third kappa shape index (κ3) is 2.02. The largest absolute Gasteiger partial charge is 0.399 e. The van der Waals surface area contributed by atoms with Crippen molar-refractivity contribution >= 4 is 11.4 Å². The second kappa shape index (κ2) is 4.66. The van der Waals surface area contributed by atoms with Crippen molar-refractivity contribution in [3.63, 3.8) is 0 Å². The Kier molecular flexibility index (Phi) is 2.78. The van der Waals surface area contributed by atoms with Crippen molar-refractivity contribution in [1.29, 1.82) is 0 Å². The first-order valence-corrected chi connectivity index (χ1v) is 7.61. The van der Waals surface area contributed by atoms with Gasteiger partial charge in [-0.15, -0.1) is 0 Å². The topological polar surface area (TPSA) is 38.0 Å². The predicted molar refractivity (Wildman–Crippen MR) is 88.4 cm³/mol. The molecule has 2 aliphatic rings. The number of hydrogen-bond donors (Lipinski definition) is 2. The van der Waals surface area contributed by atoms with E-state index in [0.717, 1.165) is 12.1 Å². The van der Waals surface area contributed by atoms with Gasteiger partial charge in [0.25, 0.3) is 0 Å².